The molecule has 0 atom stereocenters. The van der Waals surface area contributed by atoms with Crippen molar-refractivity contribution in [1.29, 1.82) is 0 Å². The molecule has 1 N–H and O–H groups in total. The van der Waals surface area contributed by atoms with Gasteiger partial charge in [-0.1, -0.05) is 16.8 Å². The molecule has 2 radical (unpaired) electrons. The Morgan fingerprint density at radius 2 is 1.94 bits per heavy atom. The zero-order valence-corrected chi connectivity index (χ0v) is 16.3. The van der Waals surface area contributed by atoms with Crippen LogP contribution in [0.3, 0.4) is 0 Å². The second-order valence-corrected chi connectivity index (χ2v) is 6.47. The molecule has 8 nitrogen and oxygen atoms in total. The largest absolute Gasteiger partial charge is 0.456 e. The van der Waals surface area contributed by atoms with Crippen LogP contribution in [0.15, 0.2) is 41.6 Å². The van der Waals surface area contributed by atoms with Crippen molar-refractivity contribution in [1.82, 2.24) is 0 Å². The van der Waals surface area contributed by atoms with Gasteiger partial charge < -0.3 is 9.94 Å². The lowest BCUT2D eigenvalue weighted by atomic mass is 10.0. The second kappa shape index (κ2) is 9.56. The van der Waals surface area contributed by atoms with E-state index in [2.05, 4.69) is 11.6 Å². The molecule has 0 heterocycles. The summed E-state index contributed by atoms with van der Waals surface area (Å²) in [6.07, 6.45) is -2.99. The monoisotopic (exact) mass is 456 g/mol. The molecule has 31 heavy (non-hydrogen) atoms. The zero-order valence-electron chi connectivity index (χ0n) is 15.6. The van der Waals surface area contributed by atoms with E-state index in [1.165, 1.54) is 6.92 Å². The maximum absolute atomic E-state index is 12.7. The van der Waals surface area contributed by atoms with Gasteiger partial charge in [-0.3, -0.25) is 19.7 Å². The van der Waals surface area contributed by atoms with E-state index in [9.17, 15) is 32.9 Å². The van der Waals surface area contributed by atoms with E-state index in [0.717, 1.165) is 30.3 Å². The summed E-state index contributed by atoms with van der Waals surface area (Å²) in [6, 6.07) is 5.32. The van der Waals surface area contributed by atoms with Gasteiger partial charge in [0.25, 0.3) is 5.69 Å². The van der Waals surface area contributed by atoms with Crippen molar-refractivity contribution in [2.75, 3.05) is 0 Å². The van der Waals surface area contributed by atoms with Crippen LogP contribution in [0.25, 0.3) is 0 Å². The molecule has 0 saturated heterocycles. The first kappa shape index (κ1) is 23.8. The summed E-state index contributed by atoms with van der Waals surface area (Å²) < 4.78 is 43.6. The van der Waals surface area contributed by atoms with E-state index < -0.39 is 51.6 Å². The molecule has 0 fully saturated rings. The average Bonchev–Trinajstić information content (AvgIpc) is 2.67. The molecular formula is C19H12ClF3N2O6. The Morgan fingerprint density at radius 1 is 1.26 bits per heavy atom. The number of hydrogen-bond acceptors (Lipinski definition) is 7. The number of nitro benzene ring substituents is 1. The Bertz CT molecular complexity index is 1070. The Labute approximate surface area is 178 Å². The molecule has 2 aromatic carbocycles. The van der Waals surface area contributed by atoms with Gasteiger partial charge in [-0.25, -0.2) is 0 Å². The number of nitro groups is 1. The molecule has 0 saturated carbocycles. The van der Waals surface area contributed by atoms with Crippen LogP contribution in [0.1, 0.15) is 29.3 Å². The number of hydrogen-bond donors (Lipinski definition) is 1. The fourth-order valence-electron chi connectivity index (χ4n) is 2.35. The molecule has 0 aromatic heterocycles. The van der Waals surface area contributed by atoms with Crippen molar-refractivity contribution in [3.63, 3.8) is 0 Å². The van der Waals surface area contributed by atoms with Crippen molar-refractivity contribution in [3.05, 3.63) is 69.1 Å². The molecule has 0 aliphatic heterocycles. The van der Waals surface area contributed by atoms with Gasteiger partial charge in [-0.05, 0) is 37.3 Å². The number of ether oxygens (including phenoxy) is 1. The summed E-state index contributed by atoms with van der Waals surface area (Å²) in [5.41, 5.74) is -2.60. The predicted octanol–water partition coefficient (Wildman–Crippen LogP) is 5.13. The minimum Gasteiger partial charge on any atom is -0.456 e. The van der Waals surface area contributed by atoms with E-state index in [1.807, 2.05) is 0 Å². The van der Waals surface area contributed by atoms with E-state index in [0.29, 0.717) is 6.07 Å². The predicted molar refractivity (Wildman–Crippen MR) is 102 cm³/mol. The van der Waals surface area contributed by atoms with Crippen molar-refractivity contribution in [3.8, 4) is 11.5 Å². The van der Waals surface area contributed by atoms with Gasteiger partial charge in [-0.2, -0.15) is 13.2 Å². The maximum Gasteiger partial charge on any atom is 0.416 e. The van der Waals surface area contributed by atoms with Gasteiger partial charge in [0.05, 0.1) is 21.2 Å². The third kappa shape index (κ3) is 6.25. The number of alkyl halides is 3. The Hall–Kier alpha value is -3.47. The van der Waals surface area contributed by atoms with Crippen molar-refractivity contribution >= 4 is 34.6 Å². The molecule has 0 aliphatic carbocycles. The number of carbonyl (C=O) groups is 2. The van der Waals surface area contributed by atoms with Crippen molar-refractivity contribution in [2.45, 2.75) is 19.5 Å². The van der Waals surface area contributed by atoms with Crippen LogP contribution < -0.4 is 4.74 Å². The third-order valence-electron chi connectivity index (χ3n) is 3.69. The highest BCUT2D eigenvalue weighted by Gasteiger charge is 2.31. The van der Waals surface area contributed by atoms with Gasteiger partial charge in [0.2, 0.25) is 0 Å². The highest BCUT2D eigenvalue weighted by atomic mass is 35.5. The standard InChI is InChI=1S/C19H12ClF3N2O6/c1-10(26)6-12(24-28)8-17(27)14-9-13(3-4-16(14)25(29)30)31-18-5-2-11(7-15(18)20)19(21,22)23/h2-5,7,9,28H,6H2,1H3. The topological polar surface area (TPSA) is 119 Å². The zero-order chi connectivity index (χ0) is 23.3. The Balaban J connectivity index is 2.36. The van der Waals surface area contributed by atoms with Crippen LogP contribution >= 0.6 is 11.6 Å². The Morgan fingerprint density at radius 3 is 2.45 bits per heavy atom. The van der Waals surface area contributed by atoms with E-state index in [1.54, 1.807) is 0 Å². The number of Topliss-reactive ketones (excluding diaryl/α,β-unsaturated/α-hetero) is 2. The number of halogens is 4. The molecule has 0 aliphatic rings. The number of benzene rings is 2. The summed E-state index contributed by atoms with van der Waals surface area (Å²) >= 11 is 5.82. The van der Waals surface area contributed by atoms with Crippen LogP contribution in [0.2, 0.25) is 5.02 Å². The minimum absolute atomic E-state index is 0.147. The number of oxime groups is 1. The van der Waals surface area contributed by atoms with E-state index in [4.69, 9.17) is 21.5 Å². The number of nitrogens with zero attached hydrogens (tertiary/aromatic N) is 2. The first-order chi connectivity index (χ1) is 14.4. The molecule has 0 amide bonds. The first-order valence-corrected chi connectivity index (χ1v) is 8.65. The molecule has 2 rings (SSSR count). The fourth-order valence-corrected chi connectivity index (χ4v) is 2.56. The van der Waals surface area contributed by atoms with Gasteiger partial charge in [0, 0.05) is 12.5 Å². The van der Waals surface area contributed by atoms with Crippen molar-refractivity contribution < 1.29 is 37.6 Å². The maximum atomic E-state index is 12.7. The van der Waals surface area contributed by atoms with E-state index in [-0.39, 0.29) is 16.5 Å². The molecule has 2 aromatic rings. The second-order valence-electron chi connectivity index (χ2n) is 6.06. The molecule has 0 unspecified atom stereocenters. The first-order valence-electron chi connectivity index (χ1n) is 8.27. The van der Waals surface area contributed by atoms with Gasteiger partial charge >= 0.3 is 6.18 Å². The summed E-state index contributed by atoms with van der Waals surface area (Å²) in [5.74, 6) is -1.86. The van der Waals surface area contributed by atoms with Gasteiger partial charge in [0.1, 0.15) is 29.3 Å². The summed E-state index contributed by atoms with van der Waals surface area (Å²) in [4.78, 5) is 33.9. The lowest BCUT2D eigenvalue weighted by Crippen LogP contribution is -2.14. The summed E-state index contributed by atoms with van der Waals surface area (Å²) in [6.45, 7) is 1.17. The molecular weight excluding hydrogens is 445 g/mol. The van der Waals surface area contributed by atoms with Crippen LogP contribution in [0, 0.1) is 16.5 Å². The fraction of sp³-hybridized carbons (Fsp3) is 0.158. The van der Waals surface area contributed by atoms with Gasteiger partial charge in [-0.15, -0.1) is 0 Å². The SMILES string of the molecule is CC(=O)CC([C]C(=O)c1cc(Oc2ccc(C(F)(F)F)cc2Cl)ccc1[N+](=O)[O-])=NO. The summed E-state index contributed by atoms with van der Waals surface area (Å²) in [5, 5.41) is 22.5. The van der Waals surface area contributed by atoms with Crippen LogP contribution in [0.5, 0.6) is 11.5 Å². The Kier molecular flexibility index (Phi) is 7.34. The molecule has 12 heteroatoms. The highest BCUT2D eigenvalue weighted by molar-refractivity contribution is 6.32. The quantitative estimate of drug-likeness (QED) is 0.193. The van der Waals surface area contributed by atoms with E-state index >= 15 is 0 Å². The summed E-state index contributed by atoms with van der Waals surface area (Å²) in [7, 11) is 0. The normalized spacial score (nSPS) is 11.8. The number of rotatable bonds is 8. The van der Waals surface area contributed by atoms with Crippen LogP contribution in [-0.2, 0) is 11.0 Å². The third-order valence-corrected chi connectivity index (χ3v) is 3.99. The smallest absolute Gasteiger partial charge is 0.416 e. The molecule has 0 spiro atoms. The molecule has 162 valence electrons. The lowest BCUT2D eigenvalue weighted by Gasteiger charge is -2.12. The van der Waals surface area contributed by atoms with Gasteiger partial charge in [0.15, 0.2) is 5.78 Å². The average molecular weight is 457 g/mol. The lowest BCUT2D eigenvalue weighted by molar-refractivity contribution is -0.385. The van der Waals surface area contributed by atoms with Crippen LogP contribution in [-0.4, -0.2) is 27.4 Å². The number of ketones is 2. The number of carbonyl (C=O) groups excluding carboxylic acids is 2. The molecule has 0 bridgehead atoms. The van der Waals surface area contributed by atoms with Crippen molar-refractivity contribution in [2.24, 2.45) is 5.16 Å². The minimum atomic E-state index is -4.62. The van der Waals surface area contributed by atoms with Crippen LogP contribution in [0.4, 0.5) is 18.9 Å². The highest BCUT2D eigenvalue weighted by Crippen LogP contribution is 2.37.